The number of carbonyl (C=O) groups is 1. The zero-order valence-electron chi connectivity index (χ0n) is 14.8. The van der Waals surface area contributed by atoms with Crippen molar-refractivity contribution >= 4 is 11.6 Å². The number of aromatic amines is 1. The fraction of sp³-hybridized carbons (Fsp3) is 0.450. The van der Waals surface area contributed by atoms with Gasteiger partial charge in [0.1, 0.15) is 5.82 Å². The smallest absolute Gasteiger partial charge is 0.267 e. The van der Waals surface area contributed by atoms with E-state index in [2.05, 4.69) is 10.2 Å². The first kappa shape index (κ1) is 16.9. The number of anilines is 1. The Morgan fingerprint density at radius 2 is 1.96 bits per heavy atom. The highest BCUT2D eigenvalue weighted by Gasteiger charge is 2.30. The lowest BCUT2D eigenvalue weighted by Crippen LogP contribution is -2.31. The number of fused-ring (bicyclic) bond motifs is 1. The van der Waals surface area contributed by atoms with Crippen molar-refractivity contribution in [1.82, 2.24) is 10.2 Å². The summed E-state index contributed by atoms with van der Waals surface area (Å²) in [6.07, 6.45) is 5.45. The van der Waals surface area contributed by atoms with Gasteiger partial charge in [0, 0.05) is 24.4 Å². The summed E-state index contributed by atoms with van der Waals surface area (Å²) in [6.45, 7) is 1.94. The summed E-state index contributed by atoms with van der Waals surface area (Å²) in [5.74, 6) is -0.416. The van der Waals surface area contributed by atoms with Crippen LogP contribution in [0, 0.1) is 5.82 Å². The van der Waals surface area contributed by atoms with Crippen LogP contribution < -0.4 is 10.5 Å². The van der Waals surface area contributed by atoms with Crippen LogP contribution >= 0.6 is 0 Å². The largest absolute Gasteiger partial charge is 0.307 e. The van der Waals surface area contributed by atoms with E-state index in [4.69, 9.17) is 0 Å². The summed E-state index contributed by atoms with van der Waals surface area (Å²) >= 11 is 0. The molecule has 4 rings (SSSR count). The topological polar surface area (TPSA) is 66.1 Å². The molecule has 0 spiro atoms. The van der Waals surface area contributed by atoms with E-state index in [1.807, 2.05) is 6.92 Å². The molecule has 1 unspecified atom stereocenters. The number of nitrogens with one attached hydrogen (secondary N) is 1. The fourth-order valence-corrected chi connectivity index (χ4v) is 4.12. The van der Waals surface area contributed by atoms with Gasteiger partial charge in [0.2, 0.25) is 5.91 Å². The molecule has 26 heavy (non-hydrogen) atoms. The van der Waals surface area contributed by atoms with Crippen LogP contribution in [0.15, 0.2) is 23.0 Å². The predicted molar refractivity (Wildman–Crippen MR) is 96.9 cm³/mol. The Balaban J connectivity index is 1.69. The summed E-state index contributed by atoms with van der Waals surface area (Å²) in [5, 5.41) is 6.85. The predicted octanol–water partition coefficient (Wildman–Crippen LogP) is 2.89. The Hall–Kier alpha value is -2.50. The van der Waals surface area contributed by atoms with Crippen molar-refractivity contribution in [2.24, 2.45) is 0 Å². The van der Waals surface area contributed by atoms with Crippen molar-refractivity contribution < 1.29 is 9.18 Å². The summed E-state index contributed by atoms with van der Waals surface area (Å²) in [7, 11) is 0. The van der Waals surface area contributed by atoms with Gasteiger partial charge in [0.15, 0.2) is 0 Å². The Bertz CT molecular complexity index is 922. The van der Waals surface area contributed by atoms with Gasteiger partial charge in [0.25, 0.3) is 5.56 Å². The van der Waals surface area contributed by atoms with Gasteiger partial charge in [-0.1, -0.05) is 6.07 Å². The summed E-state index contributed by atoms with van der Waals surface area (Å²) in [6, 6.07) is 4.90. The van der Waals surface area contributed by atoms with E-state index in [1.54, 1.807) is 17.0 Å². The molecule has 1 aliphatic carbocycles. The van der Waals surface area contributed by atoms with Gasteiger partial charge in [-0.15, -0.1) is 0 Å². The quantitative estimate of drug-likeness (QED) is 0.921. The molecule has 1 aromatic heterocycles. The molecule has 6 heteroatoms. The second kappa shape index (κ2) is 6.67. The molecular formula is C20H22FN3O2. The van der Waals surface area contributed by atoms with E-state index in [9.17, 15) is 14.0 Å². The molecule has 0 saturated carbocycles. The van der Waals surface area contributed by atoms with Gasteiger partial charge >= 0.3 is 0 Å². The van der Waals surface area contributed by atoms with Gasteiger partial charge in [-0.05, 0) is 62.3 Å². The fourth-order valence-electron chi connectivity index (χ4n) is 4.12. The molecule has 1 saturated heterocycles. The maximum Gasteiger partial charge on any atom is 0.267 e. The first-order valence-corrected chi connectivity index (χ1v) is 9.24. The minimum Gasteiger partial charge on any atom is -0.307 e. The van der Waals surface area contributed by atoms with Crippen molar-refractivity contribution in [2.45, 2.75) is 57.9 Å². The molecule has 1 atom stereocenters. The maximum atomic E-state index is 14.4. The number of hydrogen-bond donors (Lipinski definition) is 1. The minimum absolute atomic E-state index is 0.00575. The zero-order valence-corrected chi connectivity index (χ0v) is 14.8. The molecule has 2 heterocycles. The maximum absolute atomic E-state index is 14.4. The van der Waals surface area contributed by atoms with Gasteiger partial charge in [-0.25, -0.2) is 9.49 Å². The Morgan fingerprint density at radius 3 is 2.69 bits per heavy atom. The van der Waals surface area contributed by atoms with Crippen LogP contribution in [0.4, 0.5) is 10.1 Å². The van der Waals surface area contributed by atoms with Crippen molar-refractivity contribution in [1.29, 1.82) is 0 Å². The standard InChI is InChI=1S/C20H22FN3O2/c1-12-6-9-19(25)24(12)18-11-13(7-8-16(18)21)10-17-14-4-2-3-5-15(14)20(26)23-22-17/h7-8,11-12H,2-6,9-10H2,1H3,(H,23,26). The summed E-state index contributed by atoms with van der Waals surface area (Å²) < 4.78 is 14.4. The Kier molecular flexibility index (Phi) is 4.34. The van der Waals surface area contributed by atoms with Gasteiger partial charge in [0.05, 0.1) is 11.4 Å². The van der Waals surface area contributed by atoms with E-state index < -0.39 is 0 Å². The van der Waals surface area contributed by atoms with Crippen LogP contribution in [-0.4, -0.2) is 22.1 Å². The third kappa shape index (κ3) is 2.93. The number of hydrogen-bond acceptors (Lipinski definition) is 3. The monoisotopic (exact) mass is 355 g/mol. The lowest BCUT2D eigenvalue weighted by molar-refractivity contribution is -0.117. The number of benzene rings is 1. The van der Waals surface area contributed by atoms with Crippen molar-refractivity contribution in [2.75, 3.05) is 4.90 Å². The van der Waals surface area contributed by atoms with Crippen molar-refractivity contribution in [3.05, 3.63) is 56.8 Å². The average molecular weight is 355 g/mol. The highest BCUT2D eigenvalue weighted by molar-refractivity contribution is 5.96. The molecule has 1 fully saturated rings. The lowest BCUT2D eigenvalue weighted by Gasteiger charge is -2.23. The number of carbonyl (C=O) groups excluding carboxylic acids is 1. The molecule has 0 bridgehead atoms. The molecule has 5 nitrogen and oxygen atoms in total. The van der Waals surface area contributed by atoms with E-state index in [0.717, 1.165) is 54.5 Å². The average Bonchev–Trinajstić information content (AvgIpc) is 2.98. The second-order valence-corrected chi connectivity index (χ2v) is 7.28. The minimum atomic E-state index is -0.382. The zero-order chi connectivity index (χ0) is 18.3. The van der Waals surface area contributed by atoms with Gasteiger partial charge in [-0.3, -0.25) is 9.59 Å². The van der Waals surface area contributed by atoms with E-state index in [1.165, 1.54) is 6.07 Å². The van der Waals surface area contributed by atoms with Crippen LogP contribution in [0.5, 0.6) is 0 Å². The van der Waals surface area contributed by atoms with E-state index >= 15 is 0 Å². The van der Waals surface area contributed by atoms with Crippen LogP contribution in [0.3, 0.4) is 0 Å². The number of rotatable bonds is 3. The molecule has 0 radical (unpaired) electrons. The molecule has 136 valence electrons. The molecular weight excluding hydrogens is 333 g/mol. The first-order valence-electron chi connectivity index (χ1n) is 9.24. The number of H-pyrrole nitrogens is 1. The normalized spacial score (nSPS) is 19.7. The molecule has 1 aromatic carbocycles. The van der Waals surface area contributed by atoms with Crippen LogP contribution in [0.25, 0.3) is 0 Å². The van der Waals surface area contributed by atoms with Crippen molar-refractivity contribution in [3.63, 3.8) is 0 Å². The van der Waals surface area contributed by atoms with Crippen LogP contribution in [-0.2, 0) is 24.1 Å². The number of aromatic nitrogens is 2. The SMILES string of the molecule is CC1CCC(=O)N1c1cc(Cc2n[nH]c(=O)c3c2CCCC3)ccc1F. The van der Waals surface area contributed by atoms with Crippen LogP contribution in [0.1, 0.15) is 55.0 Å². The van der Waals surface area contributed by atoms with E-state index in [0.29, 0.717) is 18.5 Å². The Morgan fingerprint density at radius 1 is 1.19 bits per heavy atom. The molecule has 2 aromatic rings. The second-order valence-electron chi connectivity index (χ2n) is 7.28. The summed E-state index contributed by atoms with van der Waals surface area (Å²) in [4.78, 5) is 25.7. The molecule has 1 N–H and O–H groups in total. The number of nitrogens with zero attached hydrogens (tertiary/aromatic N) is 2. The van der Waals surface area contributed by atoms with E-state index in [-0.39, 0.29) is 23.3 Å². The van der Waals surface area contributed by atoms with Crippen molar-refractivity contribution in [3.8, 4) is 0 Å². The third-order valence-electron chi connectivity index (χ3n) is 5.51. The third-order valence-corrected chi connectivity index (χ3v) is 5.51. The summed E-state index contributed by atoms with van der Waals surface area (Å²) in [5.41, 5.74) is 3.86. The lowest BCUT2D eigenvalue weighted by atomic mass is 9.90. The number of amides is 1. The molecule has 1 aliphatic heterocycles. The number of halogens is 1. The highest BCUT2D eigenvalue weighted by Crippen LogP contribution is 2.30. The molecule has 2 aliphatic rings. The Labute approximate surface area is 151 Å². The van der Waals surface area contributed by atoms with Gasteiger partial charge < -0.3 is 4.90 Å². The first-order chi connectivity index (χ1) is 12.5. The van der Waals surface area contributed by atoms with Gasteiger partial charge in [-0.2, -0.15) is 5.10 Å². The highest BCUT2D eigenvalue weighted by atomic mass is 19.1. The van der Waals surface area contributed by atoms with Crippen LogP contribution in [0.2, 0.25) is 0 Å². The molecule has 1 amide bonds.